The Morgan fingerprint density at radius 2 is 1.35 bits per heavy atom. The van der Waals surface area contributed by atoms with Gasteiger partial charge >= 0.3 is 18.2 Å². The fraction of sp³-hybridized carbons (Fsp3) is 0.882. The number of likely N-dealkylation sites (tertiary alicyclic amines) is 1. The van der Waals surface area contributed by atoms with Gasteiger partial charge in [0.1, 0.15) is 5.60 Å². The third-order valence-corrected chi connectivity index (χ3v) is 4.83. The molecule has 0 unspecified atom stereocenters. The van der Waals surface area contributed by atoms with Gasteiger partial charge in [-0.3, -0.25) is 4.79 Å². The van der Waals surface area contributed by atoms with Crippen molar-refractivity contribution in [1.82, 2.24) is 9.96 Å². The Bertz CT molecular complexity index is 503. The van der Waals surface area contributed by atoms with Gasteiger partial charge in [0.05, 0.1) is 0 Å². The van der Waals surface area contributed by atoms with Crippen molar-refractivity contribution < 1.29 is 32.3 Å². The molecule has 0 aliphatic carbocycles. The minimum Gasteiger partial charge on any atom is -0.427 e. The van der Waals surface area contributed by atoms with Gasteiger partial charge in [-0.2, -0.15) is 13.2 Å². The molecule has 1 amide bonds. The molecule has 0 radical (unpaired) electrons. The first kappa shape index (κ1) is 20.8. The largest absolute Gasteiger partial charge is 0.528 e. The lowest BCUT2D eigenvalue weighted by Gasteiger charge is -2.39. The smallest absolute Gasteiger partial charge is 0.427 e. The minimum absolute atomic E-state index is 0.150. The Morgan fingerprint density at radius 3 is 1.77 bits per heavy atom. The molecule has 2 fully saturated rings. The summed E-state index contributed by atoms with van der Waals surface area (Å²) in [5.74, 6) is -1.07. The van der Waals surface area contributed by atoms with E-state index in [9.17, 15) is 22.8 Å². The van der Waals surface area contributed by atoms with Crippen LogP contribution >= 0.6 is 0 Å². The predicted molar refractivity (Wildman–Crippen MR) is 87.0 cm³/mol. The van der Waals surface area contributed by atoms with Crippen LogP contribution in [0.4, 0.5) is 18.0 Å². The summed E-state index contributed by atoms with van der Waals surface area (Å²) in [6.07, 6.45) is -2.74. The first-order chi connectivity index (χ1) is 12.0. The van der Waals surface area contributed by atoms with Crippen LogP contribution in [0.5, 0.6) is 0 Å². The van der Waals surface area contributed by atoms with Crippen molar-refractivity contribution in [1.29, 1.82) is 0 Å². The predicted octanol–water partition coefficient (Wildman–Crippen LogP) is 3.37. The quantitative estimate of drug-likeness (QED) is 0.688. The van der Waals surface area contributed by atoms with Crippen LogP contribution in [0, 0.1) is 11.8 Å². The number of rotatable bonds is 2. The Balaban J connectivity index is 1.72. The van der Waals surface area contributed by atoms with E-state index < -0.39 is 23.8 Å². The Hall–Kier alpha value is -1.51. The highest BCUT2D eigenvalue weighted by Gasteiger charge is 2.44. The topological polar surface area (TPSA) is 59.1 Å². The van der Waals surface area contributed by atoms with Crippen LogP contribution in [0.2, 0.25) is 0 Å². The lowest BCUT2D eigenvalue weighted by atomic mass is 9.79. The molecule has 0 N–H and O–H groups in total. The summed E-state index contributed by atoms with van der Waals surface area (Å²) < 4.78 is 42.6. The first-order valence-electron chi connectivity index (χ1n) is 8.97. The number of alkyl halides is 3. The van der Waals surface area contributed by atoms with Crippen LogP contribution in [0.15, 0.2) is 0 Å². The highest BCUT2D eigenvalue weighted by atomic mass is 19.4. The fourth-order valence-electron chi connectivity index (χ4n) is 3.57. The number of halogens is 3. The molecule has 0 atom stereocenters. The van der Waals surface area contributed by atoms with Gasteiger partial charge in [-0.05, 0) is 58.3 Å². The summed E-state index contributed by atoms with van der Waals surface area (Å²) in [6, 6.07) is 0. The first-order valence-corrected chi connectivity index (χ1v) is 8.97. The molecule has 0 aromatic rings. The van der Waals surface area contributed by atoms with Crippen molar-refractivity contribution in [3.8, 4) is 0 Å². The number of amides is 1. The summed E-state index contributed by atoms with van der Waals surface area (Å²) >= 11 is 0. The van der Waals surface area contributed by atoms with E-state index >= 15 is 0 Å². The molecule has 26 heavy (non-hydrogen) atoms. The van der Waals surface area contributed by atoms with Gasteiger partial charge in [-0.25, -0.2) is 4.79 Å². The molecule has 2 aliphatic heterocycles. The second-order valence-corrected chi connectivity index (χ2v) is 7.95. The minimum atomic E-state index is -4.79. The van der Waals surface area contributed by atoms with Gasteiger partial charge in [0.2, 0.25) is 0 Å². The summed E-state index contributed by atoms with van der Waals surface area (Å²) in [7, 11) is 0. The maximum atomic E-state index is 12.5. The van der Waals surface area contributed by atoms with Gasteiger partial charge in [-0.1, -0.05) is 0 Å². The van der Waals surface area contributed by atoms with Crippen LogP contribution in [-0.4, -0.2) is 60.0 Å². The lowest BCUT2D eigenvalue weighted by Crippen LogP contribution is -2.47. The second kappa shape index (κ2) is 8.02. The maximum absolute atomic E-state index is 12.5. The van der Waals surface area contributed by atoms with Gasteiger partial charge in [0.15, 0.2) is 0 Å². The summed E-state index contributed by atoms with van der Waals surface area (Å²) in [4.78, 5) is 29.0. The average Bonchev–Trinajstić information content (AvgIpc) is 2.52. The molecule has 0 saturated carbocycles. The standard InChI is InChI=1S/C17H27F3N2O4/c1-16(2,3)25-15(24)26-22-10-6-13(7-11-22)12-4-8-21(9-5-12)14(23)17(18,19)20/h12-13H,4-11H2,1-3H3. The molecule has 6 nitrogen and oxygen atoms in total. The Kier molecular flexibility index (Phi) is 6.42. The highest BCUT2D eigenvalue weighted by molar-refractivity contribution is 5.81. The number of carbonyl (C=O) groups is 2. The molecule has 2 aliphatic rings. The molecule has 0 spiro atoms. The maximum Gasteiger partial charge on any atom is 0.528 e. The second-order valence-electron chi connectivity index (χ2n) is 7.95. The Labute approximate surface area is 151 Å². The number of nitrogens with zero attached hydrogens (tertiary/aromatic N) is 2. The fourth-order valence-corrected chi connectivity index (χ4v) is 3.57. The van der Waals surface area contributed by atoms with Gasteiger partial charge in [-0.15, -0.1) is 5.06 Å². The van der Waals surface area contributed by atoms with Crippen LogP contribution < -0.4 is 0 Å². The molecule has 0 aromatic heterocycles. The van der Waals surface area contributed by atoms with Crippen molar-refractivity contribution in [3.05, 3.63) is 0 Å². The van der Waals surface area contributed by atoms with E-state index in [0.29, 0.717) is 37.8 Å². The van der Waals surface area contributed by atoms with E-state index in [1.54, 1.807) is 25.8 Å². The molecule has 2 saturated heterocycles. The van der Waals surface area contributed by atoms with Crippen molar-refractivity contribution in [3.63, 3.8) is 0 Å². The average molecular weight is 380 g/mol. The summed E-state index contributed by atoms with van der Waals surface area (Å²) in [6.45, 7) is 6.73. The van der Waals surface area contributed by atoms with Crippen LogP contribution in [0.25, 0.3) is 0 Å². The van der Waals surface area contributed by atoms with E-state index in [-0.39, 0.29) is 13.1 Å². The van der Waals surface area contributed by atoms with E-state index in [1.807, 2.05) is 0 Å². The molecular formula is C17H27F3N2O4. The van der Waals surface area contributed by atoms with Gasteiger partial charge in [0.25, 0.3) is 0 Å². The zero-order chi connectivity index (χ0) is 19.5. The van der Waals surface area contributed by atoms with Crippen LogP contribution in [0.3, 0.4) is 0 Å². The molecule has 9 heteroatoms. The number of piperidine rings is 2. The normalized spacial score (nSPS) is 21.5. The molecular weight excluding hydrogens is 353 g/mol. The van der Waals surface area contributed by atoms with Gasteiger partial charge in [0, 0.05) is 26.2 Å². The van der Waals surface area contributed by atoms with E-state index in [0.717, 1.165) is 17.7 Å². The monoisotopic (exact) mass is 380 g/mol. The summed E-state index contributed by atoms with van der Waals surface area (Å²) in [5.41, 5.74) is -0.614. The zero-order valence-corrected chi connectivity index (χ0v) is 15.5. The molecule has 2 heterocycles. The number of hydroxylamine groups is 2. The van der Waals surface area contributed by atoms with Gasteiger partial charge < -0.3 is 14.5 Å². The molecule has 0 aromatic carbocycles. The van der Waals surface area contributed by atoms with Crippen molar-refractivity contribution in [2.45, 2.75) is 58.2 Å². The zero-order valence-electron chi connectivity index (χ0n) is 15.5. The molecule has 150 valence electrons. The Morgan fingerprint density at radius 1 is 0.885 bits per heavy atom. The number of ether oxygens (including phenoxy) is 1. The van der Waals surface area contributed by atoms with Crippen molar-refractivity contribution in [2.75, 3.05) is 26.2 Å². The summed E-state index contributed by atoms with van der Waals surface area (Å²) in [5, 5.41) is 1.58. The van der Waals surface area contributed by atoms with Crippen LogP contribution in [-0.2, 0) is 14.4 Å². The molecule has 2 rings (SSSR count). The molecule has 0 bridgehead atoms. The number of carbonyl (C=O) groups excluding carboxylic acids is 2. The van der Waals surface area contributed by atoms with Crippen molar-refractivity contribution in [2.24, 2.45) is 11.8 Å². The lowest BCUT2D eigenvalue weighted by molar-refractivity contribution is -0.187. The van der Waals surface area contributed by atoms with E-state index in [1.165, 1.54) is 0 Å². The highest BCUT2D eigenvalue weighted by Crippen LogP contribution is 2.33. The number of hydrogen-bond acceptors (Lipinski definition) is 5. The third-order valence-electron chi connectivity index (χ3n) is 4.83. The number of hydrogen-bond donors (Lipinski definition) is 0. The van der Waals surface area contributed by atoms with Crippen LogP contribution in [0.1, 0.15) is 46.5 Å². The van der Waals surface area contributed by atoms with E-state index in [2.05, 4.69) is 0 Å². The van der Waals surface area contributed by atoms with E-state index in [4.69, 9.17) is 9.57 Å². The SMILES string of the molecule is CC(C)(C)OC(=O)ON1CCC(C2CCN(C(=O)C(F)(F)F)CC2)CC1. The third kappa shape index (κ3) is 6.03. The van der Waals surface area contributed by atoms with Crippen molar-refractivity contribution >= 4 is 12.1 Å².